The lowest BCUT2D eigenvalue weighted by molar-refractivity contribution is 0.0525. The van der Waals surface area contributed by atoms with Crippen molar-refractivity contribution in [1.82, 2.24) is 24.6 Å². The first-order chi connectivity index (χ1) is 11.5. The number of nitrogens with zero attached hydrogens (tertiary/aromatic N) is 4. The zero-order chi connectivity index (χ0) is 17.2. The van der Waals surface area contributed by atoms with E-state index in [0.29, 0.717) is 11.1 Å². The van der Waals surface area contributed by atoms with Crippen molar-refractivity contribution in [3.05, 3.63) is 66.4 Å². The van der Waals surface area contributed by atoms with Gasteiger partial charge in [0.05, 0.1) is 18.3 Å². The molecular weight excluding hydrogens is 306 g/mol. The normalized spacial score (nSPS) is 13.5. The molecule has 3 rings (SSSR count). The molecule has 2 N–H and O–H groups in total. The summed E-state index contributed by atoms with van der Waals surface area (Å²) in [6.07, 6.45) is 8.59. The molecule has 0 bridgehead atoms. The maximum atomic E-state index is 12.2. The average Bonchev–Trinajstić information content (AvgIpc) is 3.24. The average molecular weight is 325 g/mol. The minimum atomic E-state index is -1.19. The molecule has 0 radical (unpaired) electrons. The van der Waals surface area contributed by atoms with Crippen LogP contribution >= 0.6 is 0 Å². The lowest BCUT2D eigenvalue weighted by Crippen LogP contribution is -2.38. The number of aliphatic hydroxyl groups is 1. The Balaban J connectivity index is 1.64. The Morgan fingerprint density at radius 1 is 1.29 bits per heavy atom. The minimum Gasteiger partial charge on any atom is -0.383 e. The van der Waals surface area contributed by atoms with Crippen LogP contribution in [0, 0.1) is 0 Å². The van der Waals surface area contributed by atoms with E-state index in [4.69, 9.17) is 0 Å². The van der Waals surface area contributed by atoms with Gasteiger partial charge in [-0.25, -0.2) is 4.98 Å². The van der Waals surface area contributed by atoms with Crippen molar-refractivity contribution in [2.75, 3.05) is 6.54 Å². The molecule has 0 fully saturated rings. The van der Waals surface area contributed by atoms with Crippen LogP contribution in [0.5, 0.6) is 0 Å². The van der Waals surface area contributed by atoms with E-state index in [1.807, 2.05) is 29.1 Å². The van der Waals surface area contributed by atoms with Gasteiger partial charge >= 0.3 is 0 Å². The van der Waals surface area contributed by atoms with Gasteiger partial charge in [-0.15, -0.1) is 0 Å². The van der Waals surface area contributed by atoms with Gasteiger partial charge in [0.15, 0.2) is 0 Å². The number of rotatable bonds is 5. The first-order valence-corrected chi connectivity index (χ1v) is 7.55. The maximum Gasteiger partial charge on any atom is 0.252 e. The van der Waals surface area contributed by atoms with Gasteiger partial charge in [0.1, 0.15) is 11.4 Å². The van der Waals surface area contributed by atoms with Gasteiger partial charge in [-0.3, -0.25) is 9.48 Å². The Morgan fingerprint density at radius 3 is 2.62 bits per heavy atom. The molecule has 24 heavy (non-hydrogen) atoms. The highest BCUT2D eigenvalue weighted by atomic mass is 16.3. The number of hydrogen-bond donors (Lipinski definition) is 2. The molecule has 0 aliphatic rings. The molecule has 0 aliphatic heterocycles. The SMILES string of the molecule is Cn1cc(C(C)(O)CNC(=O)c2ccc(-n3cccc3)nc2)cn1. The number of pyridine rings is 1. The summed E-state index contributed by atoms with van der Waals surface area (Å²) in [7, 11) is 1.77. The van der Waals surface area contributed by atoms with Crippen LogP contribution in [0.3, 0.4) is 0 Å². The van der Waals surface area contributed by atoms with Crippen molar-refractivity contribution in [2.24, 2.45) is 7.05 Å². The Morgan fingerprint density at radius 2 is 2.04 bits per heavy atom. The molecule has 0 saturated heterocycles. The van der Waals surface area contributed by atoms with Crippen LogP contribution in [0.25, 0.3) is 5.82 Å². The van der Waals surface area contributed by atoms with Crippen LogP contribution in [0.4, 0.5) is 0 Å². The molecule has 0 spiro atoms. The van der Waals surface area contributed by atoms with Crippen molar-refractivity contribution in [1.29, 1.82) is 0 Å². The highest BCUT2D eigenvalue weighted by Gasteiger charge is 2.25. The van der Waals surface area contributed by atoms with Gasteiger partial charge in [-0.2, -0.15) is 5.10 Å². The van der Waals surface area contributed by atoms with E-state index in [-0.39, 0.29) is 12.5 Å². The van der Waals surface area contributed by atoms with Crippen LogP contribution in [0.2, 0.25) is 0 Å². The zero-order valence-electron chi connectivity index (χ0n) is 13.5. The van der Waals surface area contributed by atoms with Crippen molar-refractivity contribution in [3.63, 3.8) is 0 Å². The number of amides is 1. The standard InChI is InChI=1S/C17H19N5O2/c1-17(24,14-10-20-21(2)11-14)12-19-16(23)13-5-6-15(18-9-13)22-7-3-4-8-22/h3-11,24H,12H2,1-2H3,(H,19,23). The summed E-state index contributed by atoms with van der Waals surface area (Å²) in [6.45, 7) is 1.72. The summed E-state index contributed by atoms with van der Waals surface area (Å²) >= 11 is 0. The summed E-state index contributed by atoms with van der Waals surface area (Å²) in [4.78, 5) is 16.5. The third kappa shape index (κ3) is 3.36. The number of aromatic nitrogens is 4. The Labute approximate surface area is 139 Å². The van der Waals surface area contributed by atoms with Crippen molar-refractivity contribution < 1.29 is 9.90 Å². The summed E-state index contributed by atoms with van der Waals surface area (Å²) in [6, 6.07) is 7.29. The predicted molar refractivity (Wildman–Crippen MR) is 88.7 cm³/mol. The molecule has 0 saturated carbocycles. The van der Waals surface area contributed by atoms with E-state index >= 15 is 0 Å². The number of nitrogens with one attached hydrogen (secondary N) is 1. The molecular formula is C17H19N5O2. The lowest BCUT2D eigenvalue weighted by atomic mass is 9.99. The maximum absolute atomic E-state index is 12.2. The summed E-state index contributed by atoms with van der Waals surface area (Å²) in [5.41, 5.74) is -0.109. The molecule has 3 aromatic heterocycles. The third-order valence-electron chi connectivity index (χ3n) is 3.80. The van der Waals surface area contributed by atoms with Gasteiger partial charge in [0, 0.05) is 37.4 Å². The summed E-state index contributed by atoms with van der Waals surface area (Å²) in [5, 5.41) is 17.2. The topological polar surface area (TPSA) is 85.0 Å². The highest BCUT2D eigenvalue weighted by Crippen LogP contribution is 2.18. The van der Waals surface area contributed by atoms with Crippen LogP contribution < -0.4 is 5.32 Å². The van der Waals surface area contributed by atoms with E-state index < -0.39 is 5.60 Å². The second-order valence-electron chi connectivity index (χ2n) is 5.85. The first-order valence-electron chi connectivity index (χ1n) is 7.55. The van der Waals surface area contributed by atoms with Crippen molar-refractivity contribution in [2.45, 2.75) is 12.5 Å². The van der Waals surface area contributed by atoms with Crippen LogP contribution in [-0.4, -0.2) is 36.9 Å². The molecule has 1 amide bonds. The minimum absolute atomic E-state index is 0.0802. The third-order valence-corrected chi connectivity index (χ3v) is 3.80. The van der Waals surface area contributed by atoms with E-state index in [1.54, 1.807) is 43.2 Å². The van der Waals surface area contributed by atoms with Gasteiger partial charge in [-0.1, -0.05) is 0 Å². The quantitative estimate of drug-likeness (QED) is 0.739. The van der Waals surface area contributed by atoms with Gasteiger partial charge in [0.2, 0.25) is 0 Å². The number of hydrogen-bond acceptors (Lipinski definition) is 4. The van der Waals surface area contributed by atoms with Crippen LogP contribution in [0.1, 0.15) is 22.8 Å². The van der Waals surface area contributed by atoms with Gasteiger partial charge < -0.3 is 15.0 Å². The number of carbonyl (C=O) groups excluding carboxylic acids is 1. The van der Waals surface area contributed by atoms with Gasteiger partial charge in [-0.05, 0) is 31.2 Å². The zero-order valence-corrected chi connectivity index (χ0v) is 13.5. The molecule has 1 unspecified atom stereocenters. The predicted octanol–water partition coefficient (Wildman–Crippen LogP) is 1.24. The molecule has 1 atom stereocenters. The van der Waals surface area contributed by atoms with E-state index in [9.17, 15) is 9.90 Å². The Kier molecular flexibility index (Phi) is 4.18. The van der Waals surface area contributed by atoms with Crippen LogP contribution in [0.15, 0.2) is 55.2 Å². The monoisotopic (exact) mass is 325 g/mol. The van der Waals surface area contributed by atoms with Crippen molar-refractivity contribution >= 4 is 5.91 Å². The Bertz CT molecular complexity index is 819. The highest BCUT2D eigenvalue weighted by molar-refractivity contribution is 5.94. The van der Waals surface area contributed by atoms with Crippen LogP contribution in [-0.2, 0) is 12.6 Å². The molecule has 7 nitrogen and oxygen atoms in total. The second-order valence-corrected chi connectivity index (χ2v) is 5.85. The molecule has 0 aromatic carbocycles. The van der Waals surface area contributed by atoms with Gasteiger partial charge in [0.25, 0.3) is 5.91 Å². The Hall–Kier alpha value is -2.93. The summed E-state index contributed by atoms with van der Waals surface area (Å²) in [5.74, 6) is 0.449. The molecule has 7 heteroatoms. The second kappa shape index (κ2) is 6.29. The van der Waals surface area contributed by atoms with E-state index in [0.717, 1.165) is 5.82 Å². The largest absolute Gasteiger partial charge is 0.383 e. The number of aryl methyl sites for hydroxylation is 1. The summed E-state index contributed by atoms with van der Waals surface area (Å²) < 4.78 is 3.46. The van der Waals surface area contributed by atoms with E-state index in [2.05, 4.69) is 15.4 Å². The lowest BCUT2D eigenvalue weighted by Gasteiger charge is -2.22. The van der Waals surface area contributed by atoms with E-state index in [1.165, 1.54) is 6.20 Å². The van der Waals surface area contributed by atoms with Crippen molar-refractivity contribution in [3.8, 4) is 5.82 Å². The smallest absolute Gasteiger partial charge is 0.252 e. The number of carbonyl (C=O) groups is 1. The molecule has 0 aliphatic carbocycles. The molecule has 3 heterocycles. The fraction of sp³-hybridized carbons (Fsp3) is 0.235. The first kappa shape index (κ1) is 15.9. The fourth-order valence-electron chi connectivity index (χ4n) is 2.32. The molecule has 3 aromatic rings. The fourth-order valence-corrected chi connectivity index (χ4v) is 2.32. The molecule has 124 valence electrons.